The molecule has 6 nitrogen and oxygen atoms in total. The van der Waals surface area contributed by atoms with Gasteiger partial charge in [-0.25, -0.2) is 0 Å². The first kappa shape index (κ1) is 10.6. The zero-order valence-corrected chi connectivity index (χ0v) is 9.75. The van der Waals surface area contributed by atoms with Gasteiger partial charge in [0.15, 0.2) is 0 Å². The normalized spacial score (nSPS) is 19.6. The lowest BCUT2D eigenvalue weighted by atomic mass is 10.1. The predicted octanol–water partition coefficient (Wildman–Crippen LogP) is -0.462. The molecular formula is C11H17N5O. The molecule has 0 aliphatic carbocycles. The highest BCUT2D eigenvalue weighted by Crippen LogP contribution is 2.18. The van der Waals surface area contributed by atoms with Gasteiger partial charge >= 0.3 is 0 Å². The molecule has 0 radical (unpaired) electrons. The number of nitrogens with zero attached hydrogens (tertiary/aromatic N) is 2. The van der Waals surface area contributed by atoms with Crippen LogP contribution in [0.25, 0.3) is 0 Å². The van der Waals surface area contributed by atoms with E-state index in [1.54, 1.807) is 0 Å². The molecule has 0 atom stereocenters. The molecule has 1 saturated heterocycles. The third kappa shape index (κ3) is 2.00. The fraction of sp³-hybridized carbons (Fsp3) is 0.636. The lowest BCUT2D eigenvalue weighted by Gasteiger charge is -2.28. The van der Waals surface area contributed by atoms with Crippen molar-refractivity contribution >= 4 is 11.8 Å². The van der Waals surface area contributed by atoms with E-state index in [0.29, 0.717) is 5.95 Å². The topological polar surface area (TPSA) is 73.0 Å². The molecule has 1 aromatic heterocycles. The average Bonchev–Trinajstić information content (AvgIpc) is 2.40. The number of nitrogens with one attached hydrogen (secondary N) is 3. The van der Waals surface area contributed by atoms with Crippen LogP contribution in [0.5, 0.6) is 0 Å². The summed E-state index contributed by atoms with van der Waals surface area (Å²) >= 11 is 0. The fourth-order valence-electron chi connectivity index (χ4n) is 2.36. The van der Waals surface area contributed by atoms with Crippen LogP contribution in [0.4, 0.5) is 11.8 Å². The number of aromatic amines is 1. The summed E-state index contributed by atoms with van der Waals surface area (Å²) in [6.07, 6.45) is 1.83. The summed E-state index contributed by atoms with van der Waals surface area (Å²) < 4.78 is 0. The van der Waals surface area contributed by atoms with E-state index in [4.69, 9.17) is 0 Å². The van der Waals surface area contributed by atoms with Crippen molar-refractivity contribution in [2.75, 3.05) is 42.9 Å². The van der Waals surface area contributed by atoms with Crippen LogP contribution in [-0.4, -0.2) is 42.7 Å². The minimum atomic E-state index is 0.00994. The monoisotopic (exact) mass is 235 g/mol. The highest BCUT2D eigenvalue weighted by Gasteiger charge is 2.18. The molecule has 0 amide bonds. The average molecular weight is 235 g/mol. The summed E-state index contributed by atoms with van der Waals surface area (Å²) in [5, 5.41) is 6.49. The van der Waals surface area contributed by atoms with E-state index < -0.39 is 0 Å². The van der Waals surface area contributed by atoms with Gasteiger partial charge in [-0.05, 0) is 12.8 Å². The largest absolute Gasteiger partial charge is 0.370 e. The van der Waals surface area contributed by atoms with Gasteiger partial charge in [0, 0.05) is 32.7 Å². The van der Waals surface area contributed by atoms with Crippen molar-refractivity contribution in [2.24, 2.45) is 0 Å². The summed E-state index contributed by atoms with van der Waals surface area (Å²) in [5.41, 5.74) is 0.811. The Morgan fingerprint density at radius 3 is 2.82 bits per heavy atom. The van der Waals surface area contributed by atoms with E-state index in [2.05, 4.69) is 25.5 Å². The third-order valence-electron chi connectivity index (χ3n) is 3.32. The van der Waals surface area contributed by atoms with Gasteiger partial charge in [-0.1, -0.05) is 0 Å². The minimum absolute atomic E-state index is 0.00994. The zero-order chi connectivity index (χ0) is 11.7. The molecule has 17 heavy (non-hydrogen) atoms. The van der Waals surface area contributed by atoms with E-state index in [-0.39, 0.29) is 5.56 Å². The molecule has 3 rings (SSSR count). The highest BCUT2D eigenvalue weighted by molar-refractivity contribution is 5.49. The van der Waals surface area contributed by atoms with Crippen LogP contribution in [0.3, 0.4) is 0 Å². The molecule has 1 fully saturated rings. The van der Waals surface area contributed by atoms with E-state index in [9.17, 15) is 4.79 Å². The van der Waals surface area contributed by atoms with Crippen molar-refractivity contribution in [3.05, 3.63) is 15.9 Å². The van der Waals surface area contributed by atoms with Gasteiger partial charge in [-0.2, -0.15) is 4.98 Å². The van der Waals surface area contributed by atoms with E-state index in [1.165, 1.54) is 0 Å². The van der Waals surface area contributed by atoms with Crippen molar-refractivity contribution in [2.45, 2.75) is 12.8 Å². The van der Waals surface area contributed by atoms with Gasteiger partial charge in [-0.15, -0.1) is 0 Å². The number of hydrogen-bond donors (Lipinski definition) is 3. The summed E-state index contributed by atoms with van der Waals surface area (Å²) in [6, 6.07) is 0. The second-order valence-electron chi connectivity index (χ2n) is 4.48. The first-order valence-corrected chi connectivity index (χ1v) is 6.17. The number of piperazine rings is 1. The second-order valence-corrected chi connectivity index (χ2v) is 4.48. The Hall–Kier alpha value is -1.56. The summed E-state index contributed by atoms with van der Waals surface area (Å²) in [5.74, 6) is 1.47. The van der Waals surface area contributed by atoms with Crippen molar-refractivity contribution in [1.82, 2.24) is 15.3 Å². The van der Waals surface area contributed by atoms with Crippen LogP contribution in [-0.2, 0) is 6.42 Å². The zero-order valence-electron chi connectivity index (χ0n) is 9.75. The van der Waals surface area contributed by atoms with Gasteiger partial charge in [0.2, 0.25) is 5.95 Å². The van der Waals surface area contributed by atoms with Gasteiger partial charge in [0.05, 0.1) is 5.56 Å². The molecule has 0 spiro atoms. The van der Waals surface area contributed by atoms with Crippen molar-refractivity contribution in [3.63, 3.8) is 0 Å². The van der Waals surface area contributed by atoms with Crippen LogP contribution < -0.4 is 21.1 Å². The van der Waals surface area contributed by atoms with Gasteiger partial charge in [0.25, 0.3) is 5.56 Å². The van der Waals surface area contributed by atoms with E-state index in [1.807, 2.05) is 0 Å². The number of fused-ring (bicyclic) bond motifs is 1. The van der Waals surface area contributed by atoms with Gasteiger partial charge < -0.3 is 15.5 Å². The van der Waals surface area contributed by atoms with Crippen LogP contribution in [0.15, 0.2) is 4.79 Å². The van der Waals surface area contributed by atoms with Crippen LogP contribution in [0, 0.1) is 0 Å². The molecule has 0 bridgehead atoms. The molecule has 0 aromatic carbocycles. The standard InChI is InChI=1S/C11H17N5O/c17-10-8-2-1-3-13-9(8)14-11(15-10)16-6-4-12-5-7-16/h12H,1-7H2,(H2,13,14,15,17). The maximum Gasteiger partial charge on any atom is 0.257 e. The maximum absolute atomic E-state index is 11.9. The Kier molecular flexibility index (Phi) is 2.72. The van der Waals surface area contributed by atoms with E-state index >= 15 is 0 Å². The van der Waals surface area contributed by atoms with Crippen molar-refractivity contribution < 1.29 is 0 Å². The van der Waals surface area contributed by atoms with Crippen molar-refractivity contribution in [1.29, 1.82) is 0 Å². The van der Waals surface area contributed by atoms with Crippen LogP contribution in [0.2, 0.25) is 0 Å². The SMILES string of the molecule is O=c1[nH]c(N2CCNCC2)nc2c1CCCN2. The molecule has 3 heterocycles. The van der Waals surface area contributed by atoms with Crippen LogP contribution >= 0.6 is 0 Å². The lowest BCUT2D eigenvalue weighted by Crippen LogP contribution is -2.45. The molecule has 0 unspecified atom stereocenters. The lowest BCUT2D eigenvalue weighted by molar-refractivity contribution is 0.578. The summed E-state index contributed by atoms with van der Waals surface area (Å²) in [6.45, 7) is 4.57. The summed E-state index contributed by atoms with van der Waals surface area (Å²) in [7, 11) is 0. The number of aromatic nitrogens is 2. The predicted molar refractivity (Wildman–Crippen MR) is 66.8 cm³/mol. The second kappa shape index (κ2) is 4.37. The minimum Gasteiger partial charge on any atom is -0.370 e. The number of anilines is 2. The third-order valence-corrected chi connectivity index (χ3v) is 3.32. The Morgan fingerprint density at radius 2 is 2.00 bits per heavy atom. The fourth-order valence-corrected chi connectivity index (χ4v) is 2.36. The molecule has 3 N–H and O–H groups in total. The first-order chi connectivity index (χ1) is 8.34. The highest BCUT2D eigenvalue weighted by atomic mass is 16.1. The van der Waals surface area contributed by atoms with Crippen LogP contribution in [0.1, 0.15) is 12.0 Å². The Labute approximate surface area is 99.4 Å². The molecule has 0 saturated carbocycles. The smallest absolute Gasteiger partial charge is 0.257 e. The molecule has 92 valence electrons. The number of H-pyrrole nitrogens is 1. The number of rotatable bonds is 1. The molecule has 1 aromatic rings. The Bertz CT molecular complexity index is 463. The summed E-state index contributed by atoms with van der Waals surface area (Å²) in [4.78, 5) is 21.5. The molecule has 2 aliphatic rings. The van der Waals surface area contributed by atoms with Gasteiger partial charge in [0.1, 0.15) is 5.82 Å². The maximum atomic E-state index is 11.9. The molecular weight excluding hydrogens is 218 g/mol. The Morgan fingerprint density at radius 1 is 1.18 bits per heavy atom. The Balaban J connectivity index is 1.95. The first-order valence-electron chi connectivity index (χ1n) is 6.17. The quantitative estimate of drug-likeness (QED) is 0.614. The van der Waals surface area contributed by atoms with Gasteiger partial charge in [-0.3, -0.25) is 9.78 Å². The van der Waals surface area contributed by atoms with Crippen molar-refractivity contribution in [3.8, 4) is 0 Å². The molecule has 2 aliphatic heterocycles. The number of hydrogen-bond acceptors (Lipinski definition) is 5. The van der Waals surface area contributed by atoms with E-state index in [0.717, 1.165) is 56.9 Å². The molecule has 6 heteroatoms.